The first kappa shape index (κ1) is 33.9. The van der Waals surface area contributed by atoms with Crippen molar-refractivity contribution in [1.82, 2.24) is 19.9 Å². The molecule has 0 aliphatic carbocycles. The second-order valence-corrected chi connectivity index (χ2v) is 7.78. The van der Waals surface area contributed by atoms with E-state index in [0.717, 1.165) is 0 Å². The molecule has 14 nitrogen and oxygen atoms in total. The Labute approximate surface area is 264 Å². The summed E-state index contributed by atoms with van der Waals surface area (Å²) >= 11 is 8.57. The van der Waals surface area contributed by atoms with Crippen LogP contribution in [0.1, 0.15) is 41.4 Å². The number of aromatic carboxylic acids is 2. The number of pyridine rings is 4. The monoisotopic (exact) mass is 702 g/mol. The molecule has 0 fully saturated rings. The van der Waals surface area contributed by atoms with Crippen molar-refractivity contribution in [3.63, 3.8) is 0 Å². The van der Waals surface area contributed by atoms with Crippen molar-refractivity contribution in [2.24, 2.45) is 10.3 Å². The molecule has 214 valence electrons. The van der Waals surface area contributed by atoms with Crippen molar-refractivity contribution in [2.75, 3.05) is 0 Å². The predicted octanol–water partition coefficient (Wildman–Crippen LogP) is 1.36. The van der Waals surface area contributed by atoms with Gasteiger partial charge in [0, 0.05) is 35.9 Å². The van der Waals surface area contributed by atoms with Crippen LogP contribution < -0.4 is 10.2 Å². The third-order valence-electron chi connectivity index (χ3n) is 4.84. The summed E-state index contributed by atoms with van der Waals surface area (Å²) in [5.74, 6) is -4.15. The van der Waals surface area contributed by atoms with E-state index >= 15 is 0 Å². The summed E-state index contributed by atoms with van der Waals surface area (Å²) in [5.41, 5.74) is 1.41. The SMILES string of the molecule is O=C([O-])c1ccnc(-c2cc(C(=O)ON=C=S)ccn2)c1.O=C([O-])c1ccnc(-c2cc(C(=O)ON=C=S)ccn2)c1.[Ru+2]. The molecule has 43 heavy (non-hydrogen) atoms. The molecule has 0 saturated heterocycles. The maximum absolute atomic E-state index is 11.6. The van der Waals surface area contributed by atoms with Crippen LogP contribution in [0.4, 0.5) is 0 Å². The molecule has 4 heterocycles. The number of carbonyl (C=O) groups is 4. The van der Waals surface area contributed by atoms with Crippen molar-refractivity contribution >= 4 is 58.6 Å². The molecular formula is C26H12N6O8RuS2. The Morgan fingerprint density at radius 2 is 0.860 bits per heavy atom. The third-order valence-corrected chi connectivity index (χ3v) is 4.99. The van der Waals surface area contributed by atoms with E-state index in [1.807, 2.05) is 10.3 Å². The Hall–Kier alpha value is -5.30. The Bertz CT molecular complexity index is 1650. The second-order valence-electron chi connectivity index (χ2n) is 7.42. The molecule has 4 aromatic rings. The smallest absolute Gasteiger partial charge is 0.545 e. The predicted molar refractivity (Wildman–Crippen MR) is 144 cm³/mol. The Kier molecular flexibility index (Phi) is 13.3. The number of isothiocyanates is 2. The van der Waals surface area contributed by atoms with Crippen LogP contribution in [-0.4, -0.2) is 54.1 Å². The van der Waals surface area contributed by atoms with Crippen LogP contribution in [0.3, 0.4) is 0 Å². The number of hydrogen-bond acceptors (Lipinski definition) is 16. The van der Waals surface area contributed by atoms with Crippen LogP contribution in [0.25, 0.3) is 22.8 Å². The van der Waals surface area contributed by atoms with Crippen molar-refractivity contribution in [2.45, 2.75) is 0 Å². The number of carboxylic acid groups (broad SMARTS) is 2. The first-order chi connectivity index (χ1) is 20.2. The van der Waals surface area contributed by atoms with Gasteiger partial charge in [-0.3, -0.25) is 19.9 Å². The summed E-state index contributed by atoms with van der Waals surface area (Å²) in [5, 5.41) is 31.6. The zero-order valence-corrected chi connectivity index (χ0v) is 24.4. The fourth-order valence-electron chi connectivity index (χ4n) is 3.02. The standard InChI is InChI=1S/2C13H7N3O4S.Ru/c2*17-12(18)8-1-3-14-10(5-8)11-6-9(2-4-15-11)13(19)20-16-7-21;/h2*1-6H,(H,17,18);/q;;+2/p-2. The quantitative estimate of drug-likeness (QED) is 0.0836. The fourth-order valence-corrected chi connectivity index (χ4v) is 3.09. The first-order valence-corrected chi connectivity index (χ1v) is 11.9. The first-order valence-electron chi connectivity index (χ1n) is 11.1. The average molecular weight is 702 g/mol. The third kappa shape index (κ3) is 9.93. The summed E-state index contributed by atoms with van der Waals surface area (Å²) in [4.78, 5) is 69.8. The van der Waals surface area contributed by atoms with E-state index in [2.05, 4.69) is 64.4 Å². The normalized spacial score (nSPS) is 9.30. The number of aromatic nitrogens is 4. The molecule has 0 spiro atoms. The Balaban J connectivity index is 0.000000293. The van der Waals surface area contributed by atoms with Gasteiger partial charge in [0.2, 0.25) is 0 Å². The molecule has 0 amide bonds. The van der Waals surface area contributed by atoms with Gasteiger partial charge in [-0.15, -0.1) is 0 Å². The van der Waals surface area contributed by atoms with Crippen LogP contribution in [0.2, 0.25) is 0 Å². The van der Waals surface area contributed by atoms with E-state index in [1.54, 1.807) is 0 Å². The Morgan fingerprint density at radius 3 is 1.14 bits per heavy atom. The van der Waals surface area contributed by atoms with Crippen LogP contribution >= 0.6 is 24.4 Å². The number of carboxylic acids is 2. The molecule has 0 saturated carbocycles. The van der Waals surface area contributed by atoms with Crippen molar-refractivity contribution < 1.29 is 58.5 Å². The van der Waals surface area contributed by atoms with Gasteiger partial charge in [0.15, 0.2) is 0 Å². The molecule has 0 N–H and O–H groups in total. The van der Waals surface area contributed by atoms with E-state index in [0.29, 0.717) is 11.4 Å². The average Bonchev–Trinajstić information content (AvgIpc) is 3.03. The van der Waals surface area contributed by atoms with Crippen LogP contribution in [0.5, 0.6) is 0 Å². The van der Waals surface area contributed by atoms with E-state index in [1.165, 1.54) is 73.3 Å². The molecule has 4 aromatic heterocycles. The summed E-state index contributed by atoms with van der Waals surface area (Å²) < 4.78 is 0. The van der Waals surface area contributed by atoms with Crippen molar-refractivity contribution in [1.29, 1.82) is 0 Å². The molecule has 17 heteroatoms. The summed E-state index contributed by atoms with van der Waals surface area (Å²) in [6, 6.07) is 10.8. The summed E-state index contributed by atoms with van der Waals surface area (Å²) in [7, 11) is 0. The molecule has 0 radical (unpaired) electrons. The number of nitrogens with zero attached hydrogens (tertiary/aromatic N) is 6. The largest absolute Gasteiger partial charge is 2.00 e. The van der Waals surface area contributed by atoms with Gasteiger partial charge in [-0.05, 0) is 83.3 Å². The molecule has 0 unspecified atom stereocenters. The van der Waals surface area contributed by atoms with Gasteiger partial charge in [-0.2, -0.15) is 0 Å². The zero-order valence-electron chi connectivity index (χ0n) is 21.0. The van der Waals surface area contributed by atoms with Gasteiger partial charge in [0.05, 0.1) is 45.8 Å². The topological polar surface area (TPSA) is 209 Å². The van der Waals surface area contributed by atoms with Gasteiger partial charge < -0.3 is 29.5 Å². The molecule has 0 aromatic carbocycles. The van der Waals surface area contributed by atoms with Gasteiger partial charge in [-0.1, -0.05) is 0 Å². The van der Waals surface area contributed by atoms with Crippen LogP contribution in [0, 0.1) is 0 Å². The molecule has 0 bridgehead atoms. The minimum absolute atomic E-state index is 0. The summed E-state index contributed by atoms with van der Waals surface area (Å²) in [6.45, 7) is 0. The maximum Gasteiger partial charge on any atom is 2.00 e. The molecule has 4 rings (SSSR count). The van der Waals surface area contributed by atoms with Gasteiger partial charge in [-0.25, -0.2) is 9.59 Å². The van der Waals surface area contributed by atoms with E-state index in [9.17, 15) is 29.4 Å². The summed E-state index contributed by atoms with van der Waals surface area (Å²) in [6.07, 6.45) is 5.34. The number of thiocarbonyl (C=S) groups is 2. The molecule has 0 atom stereocenters. The van der Waals surface area contributed by atoms with Crippen LogP contribution in [0.15, 0.2) is 83.6 Å². The maximum atomic E-state index is 11.6. The second kappa shape index (κ2) is 16.8. The molecule has 0 aliphatic rings. The van der Waals surface area contributed by atoms with Crippen LogP contribution in [-0.2, 0) is 29.2 Å². The minimum atomic E-state index is -1.33. The van der Waals surface area contributed by atoms with Gasteiger partial charge in [0.25, 0.3) is 0 Å². The number of carbonyl (C=O) groups excluding carboxylic acids is 4. The fraction of sp³-hybridized carbons (Fsp3) is 0. The van der Waals surface area contributed by atoms with E-state index < -0.39 is 23.9 Å². The zero-order chi connectivity index (χ0) is 30.5. The van der Waals surface area contributed by atoms with Gasteiger partial charge in [0.1, 0.15) is 10.3 Å². The number of hydrogen-bond donors (Lipinski definition) is 0. The van der Waals surface area contributed by atoms with Gasteiger partial charge >= 0.3 is 31.4 Å². The molecule has 0 aliphatic heterocycles. The van der Waals surface area contributed by atoms with E-state index in [4.69, 9.17) is 0 Å². The number of rotatable bonds is 8. The van der Waals surface area contributed by atoms with Crippen molar-refractivity contribution in [3.8, 4) is 22.8 Å². The van der Waals surface area contributed by atoms with Crippen molar-refractivity contribution in [3.05, 3.63) is 95.6 Å². The molecular weight excluding hydrogens is 690 g/mol. The van der Waals surface area contributed by atoms with E-state index in [-0.39, 0.29) is 53.1 Å². The minimum Gasteiger partial charge on any atom is -0.545 e. The Morgan fingerprint density at radius 1 is 0.581 bits per heavy atom.